The van der Waals surface area contributed by atoms with Gasteiger partial charge in [-0.3, -0.25) is 4.79 Å². The summed E-state index contributed by atoms with van der Waals surface area (Å²) in [6.07, 6.45) is 1.58. The van der Waals surface area contributed by atoms with Crippen molar-refractivity contribution in [1.29, 1.82) is 0 Å². The molecule has 0 radical (unpaired) electrons. The molecule has 110 valence electrons. The molecule has 0 spiro atoms. The maximum absolute atomic E-state index is 12.3. The van der Waals surface area contributed by atoms with Gasteiger partial charge < -0.3 is 9.25 Å². The Bertz CT molecular complexity index is 866. The molecular formula is C18H15NO3. The van der Waals surface area contributed by atoms with E-state index >= 15 is 0 Å². The largest absolute Gasteiger partial charge is 0.456 e. The van der Waals surface area contributed by atoms with Crippen LogP contribution in [-0.4, -0.2) is 12.8 Å². The summed E-state index contributed by atoms with van der Waals surface area (Å²) in [5.74, 6) is 0.564. The van der Waals surface area contributed by atoms with E-state index in [9.17, 15) is 4.79 Å². The fraction of sp³-hybridized carbons (Fsp3) is 0.111. The normalized spacial score (nSPS) is 11.1. The molecule has 0 saturated carbocycles. The molecule has 0 aliphatic carbocycles. The van der Waals surface area contributed by atoms with Gasteiger partial charge in [-0.25, -0.2) is 0 Å². The van der Waals surface area contributed by atoms with Gasteiger partial charge in [0, 0.05) is 11.6 Å². The van der Waals surface area contributed by atoms with Gasteiger partial charge in [0.05, 0.1) is 11.6 Å². The standard InChI is InChI=1S/C18H15NO3/c1-2-21-19-12-13-8-9-17-15(10-13)16(20)11-18(22-17)14-6-4-3-5-7-14/h3-12H,2H2,1H3. The Morgan fingerprint density at radius 3 is 2.73 bits per heavy atom. The first kappa shape index (κ1) is 14.1. The molecule has 3 aromatic rings. The lowest BCUT2D eigenvalue weighted by Crippen LogP contribution is -2.01. The van der Waals surface area contributed by atoms with Crippen LogP contribution >= 0.6 is 0 Å². The van der Waals surface area contributed by atoms with Crippen LogP contribution in [0.1, 0.15) is 12.5 Å². The number of hydrogen-bond acceptors (Lipinski definition) is 4. The van der Waals surface area contributed by atoms with Crippen molar-refractivity contribution in [3.05, 3.63) is 70.4 Å². The van der Waals surface area contributed by atoms with Gasteiger partial charge in [-0.2, -0.15) is 0 Å². The van der Waals surface area contributed by atoms with Crippen LogP contribution in [-0.2, 0) is 4.84 Å². The molecule has 0 fully saturated rings. The highest BCUT2D eigenvalue weighted by molar-refractivity contribution is 5.88. The Kier molecular flexibility index (Phi) is 4.01. The summed E-state index contributed by atoms with van der Waals surface area (Å²) >= 11 is 0. The molecular weight excluding hydrogens is 278 g/mol. The molecule has 1 aromatic heterocycles. The maximum atomic E-state index is 12.3. The number of benzene rings is 2. The van der Waals surface area contributed by atoms with E-state index in [1.54, 1.807) is 18.3 Å². The summed E-state index contributed by atoms with van der Waals surface area (Å²) in [5, 5.41) is 4.33. The fourth-order valence-corrected chi connectivity index (χ4v) is 2.17. The SMILES string of the molecule is CCON=Cc1ccc2oc(-c3ccccc3)cc(=O)c2c1. The molecule has 1 heterocycles. The molecule has 4 heteroatoms. The van der Waals surface area contributed by atoms with E-state index in [1.807, 2.05) is 43.3 Å². The van der Waals surface area contributed by atoms with Crippen LogP contribution in [0.5, 0.6) is 0 Å². The van der Waals surface area contributed by atoms with E-state index in [0.29, 0.717) is 23.3 Å². The van der Waals surface area contributed by atoms with Crippen molar-refractivity contribution in [3.63, 3.8) is 0 Å². The Balaban J connectivity index is 2.05. The smallest absolute Gasteiger partial charge is 0.193 e. The molecule has 0 saturated heterocycles. The Hall–Kier alpha value is -2.88. The summed E-state index contributed by atoms with van der Waals surface area (Å²) in [6, 6.07) is 16.4. The van der Waals surface area contributed by atoms with Gasteiger partial charge in [0.2, 0.25) is 0 Å². The van der Waals surface area contributed by atoms with Crippen LogP contribution in [0.2, 0.25) is 0 Å². The van der Waals surface area contributed by atoms with E-state index in [2.05, 4.69) is 5.16 Å². The van der Waals surface area contributed by atoms with Gasteiger partial charge >= 0.3 is 0 Å². The average Bonchev–Trinajstić information content (AvgIpc) is 2.56. The minimum atomic E-state index is -0.0771. The van der Waals surface area contributed by atoms with E-state index in [4.69, 9.17) is 9.25 Å². The molecule has 4 nitrogen and oxygen atoms in total. The minimum Gasteiger partial charge on any atom is -0.456 e. The number of rotatable bonds is 4. The third-order valence-corrected chi connectivity index (χ3v) is 3.21. The zero-order chi connectivity index (χ0) is 15.4. The van der Waals surface area contributed by atoms with E-state index in [1.165, 1.54) is 6.07 Å². The summed E-state index contributed by atoms with van der Waals surface area (Å²) in [4.78, 5) is 17.2. The highest BCUT2D eigenvalue weighted by Gasteiger charge is 2.07. The van der Waals surface area contributed by atoms with Crippen molar-refractivity contribution < 1.29 is 9.25 Å². The molecule has 0 aliphatic rings. The molecule has 0 aliphatic heterocycles. The van der Waals surface area contributed by atoms with Gasteiger partial charge in [-0.05, 0) is 30.7 Å². The van der Waals surface area contributed by atoms with Crippen LogP contribution in [0, 0.1) is 0 Å². The number of nitrogens with zero attached hydrogens (tertiary/aromatic N) is 1. The lowest BCUT2D eigenvalue weighted by molar-refractivity contribution is 0.160. The van der Waals surface area contributed by atoms with E-state index in [0.717, 1.165) is 11.1 Å². The highest BCUT2D eigenvalue weighted by Crippen LogP contribution is 2.22. The van der Waals surface area contributed by atoms with Crippen molar-refractivity contribution >= 4 is 17.2 Å². The Morgan fingerprint density at radius 1 is 1.14 bits per heavy atom. The predicted octanol–water partition coefficient (Wildman–Crippen LogP) is 3.83. The topological polar surface area (TPSA) is 51.8 Å². The second-order valence-electron chi connectivity index (χ2n) is 4.75. The Morgan fingerprint density at radius 2 is 1.95 bits per heavy atom. The first-order valence-electron chi connectivity index (χ1n) is 7.06. The second-order valence-corrected chi connectivity index (χ2v) is 4.75. The summed E-state index contributed by atoms with van der Waals surface area (Å²) < 4.78 is 5.83. The third kappa shape index (κ3) is 2.91. The zero-order valence-electron chi connectivity index (χ0n) is 12.2. The van der Waals surface area contributed by atoms with Crippen LogP contribution in [0.25, 0.3) is 22.3 Å². The fourth-order valence-electron chi connectivity index (χ4n) is 2.17. The Labute approximate surface area is 127 Å². The van der Waals surface area contributed by atoms with Gasteiger partial charge in [-0.1, -0.05) is 35.5 Å². The average molecular weight is 293 g/mol. The van der Waals surface area contributed by atoms with Gasteiger partial charge in [0.25, 0.3) is 0 Å². The number of fused-ring (bicyclic) bond motifs is 1. The first-order valence-corrected chi connectivity index (χ1v) is 7.06. The monoisotopic (exact) mass is 293 g/mol. The minimum absolute atomic E-state index is 0.0771. The van der Waals surface area contributed by atoms with Gasteiger partial charge in [-0.15, -0.1) is 0 Å². The predicted molar refractivity (Wildman–Crippen MR) is 87.1 cm³/mol. The van der Waals surface area contributed by atoms with Gasteiger partial charge in [0.15, 0.2) is 5.43 Å². The molecule has 0 amide bonds. The highest BCUT2D eigenvalue weighted by atomic mass is 16.6. The lowest BCUT2D eigenvalue weighted by Gasteiger charge is -2.03. The quantitative estimate of drug-likeness (QED) is 0.542. The molecule has 22 heavy (non-hydrogen) atoms. The van der Waals surface area contributed by atoms with Crippen LogP contribution < -0.4 is 5.43 Å². The molecule has 2 aromatic carbocycles. The molecule has 0 atom stereocenters. The molecule has 3 rings (SSSR count). The summed E-state index contributed by atoms with van der Waals surface area (Å²) in [7, 11) is 0. The lowest BCUT2D eigenvalue weighted by atomic mass is 10.1. The van der Waals surface area contributed by atoms with Crippen molar-refractivity contribution in [1.82, 2.24) is 0 Å². The maximum Gasteiger partial charge on any atom is 0.193 e. The molecule has 0 N–H and O–H groups in total. The van der Waals surface area contributed by atoms with E-state index in [-0.39, 0.29) is 5.43 Å². The van der Waals surface area contributed by atoms with Crippen molar-refractivity contribution in [3.8, 4) is 11.3 Å². The second kappa shape index (κ2) is 6.26. The van der Waals surface area contributed by atoms with Crippen molar-refractivity contribution in [2.45, 2.75) is 6.92 Å². The molecule has 0 bridgehead atoms. The van der Waals surface area contributed by atoms with Crippen molar-refractivity contribution in [2.75, 3.05) is 6.61 Å². The molecule has 0 unspecified atom stereocenters. The third-order valence-electron chi connectivity index (χ3n) is 3.21. The number of hydrogen-bond donors (Lipinski definition) is 0. The summed E-state index contributed by atoms with van der Waals surface area (Å²) in [5.41, 5.74) is 2.15. The van der Waals surface area contributed by atoms with Crippen LogP contribution in [0.4, 0.5) is 0 Å². The van der Waals surface area contributed by atoms with Gasteiger partial charge in [0.1, 0.15) is 18.0 Å². The zero-order valence-corrected chi connectivity index (χ0v) is 12.2. The van der Waals surface area contributed by atoms with Crippen LogP contribution in [0.3, 0.4) is 0 Å². The van der Waals surface area contributed by atoms with Crippen molar-refractivity contribution in [2.24, 2.45) is 5.16 Å². The number of oxime groups is 1. The first-order chi connectivity index (χ1) is 10.8. The van der Waals surface area contributed by atoms with E-state index < -0.39 is 0 Å². The summed E-state index contributed by atoms with van der Waals surface area (Å²) in [6.45, 7) is 2.37. The van der Waals surface area contributed by atoms with Crippen LogP contribution in [0.15, 0.2) is 69.0 Å².